The van der Waals surface area contributed by atoms with Gasteiger partial charge in [-0.15, -0.1) is 0 Å². The van der Waals surface area contributed by atoms with Crippen molar-refractivity contribution in [2.75, 3.05) is 0 Å². The maximum atomic E-state index is 5.31. The van der Waals surface area contributed by atoms with Crippen LogP contribution in [0.2, 0.25) is 0 Å². The summed E-state index contributed by atoms with van der Waals surface area (Å²) >= 11 is 0. The average Bonchev–Trinajstić information content (AvgIpc) is 4.03. The van der Waals surface area contributed by atoms with Crippen LogP contribution < -0.4 is 0 Å². The molecule has 0 N–H and O–H groups in total. The number of nitrogens with zero attached hydrogens (tertiary/aromatic N) is 5. The molecule has 366 valence electrons. The standard InChI is InChI=1S/C74H45N5/c1-2-24-56(25-3-1)79-69-36-34-52(48-18-12-16-46(38-48)50-20-14-22-54(40-50)67-44-75-71-61-30-8-4-26-57(61)59-28-6-10-32-63(59)73(71)77-67)42-65(69)66-43-53(35-37-70(66)79)49-19-13-17-47(39-49)51-21-15-23-55(41-51)68-45-76-72-62-31-9-5-27-58(62)60-29-7-11-33-64(60)74(72)78-68/h1-45H. The van der Waals surface area contributed by atoms with Crippen molar-refractivity contribution in [2.45, 2.75) is 0 Å². The Morgan fingerprint density at radius 1 is 0.215 bits per heavy atom. The van der Waals surface area contributed by atoms with E-state index in [9.17, 15) is 0 Å². The van der Waals surface area contributed by atoms with Gasteiger partial charge in [-0.1, -0.05) is 200 Å². The summed E-state index contributed by atoms with van der Waals surface area (Å²) in [6.07, 6.45) is 3.85. The van der Waals surface area contributed by atoms with Crippen molar-refractivity contribution in [3.63, 3.8) is 0 Å². The number of fused-ring (bicyclic) bond motifs is 15. The smallest absolute Gasteiger partial charge is 0.0979 e. The first kappa shape index (κ1) is 44.7. The van der Waals surface area contributed by atoms with Crippen molar-refractivity contribution in [3.8, 4) is 72.7 Å². The summed E-state index contributed by atoms with van der Waals surface area (Å²) in [5.41, 5.74) is 20.0. The number of benzene rings is 13. The van der Waals surface area contributed by atoms with E-state index in [0.29, 0.717) is 0 Å². The van der Waals surface area contributed by atoms with Gasteiger partial charge in [-0.2, -0.15) is 0 Å². The summed E-state index contributed by atoms with van der Waals surface area (Å²) in [5, 5.41) is 11.6. The molecule has 0 aliphatic carbocycles. The van der Waals surface area contributed by atoms with Gasteiger partial charge in [0.15, 0.2) is 0 Å². The molecule has 3 aromatic heterocycles. The second-order valence-electron chi connectivity index (χ2n) is 20.5. The van der Waals surface area contributed by atoms with Crippen molar-refractivity contribution >= 4 is 87.0 Å². The predicted molar refractivity (Wildman–Crippen MR) is 330 cm³/mol. The molecule has 0 atom stereocenters. The number of rotatable bonds is 7. The Bertz CT molecular complexity index is 4780. The Morgan fingerprint density at radius 3 is 0.899 bits per heavy atom. The van der Waals surface area contributed by atoms with E-state index in [2.05, 4.69) is 265 Å². The van der Waals surface area contributed by atoms with Gasteiger partial charge in [-0.25, -0.2) is 9.97 Å². The molecule has 0 saturated carbocycles. The Balaban J connectivity index is 0.757. The monoisotopic (exact) mass is 1000 g/mol. The Kier molecular flexibility index (Phi) is 10.2. The van der Waals surface area contributed by atoms with E-state index in [4.69, 9.17) is 19.9 Å². The maximum absolute atomic E-state index is 5.31. The van der Waals surface area contributed by atoms with Crippen molar-refractivity contribution < 1.29 is 0 Å². The Labute approximate surface area is 455 Å². The topological polar surface area (TPSA) is 56.5 Å². The first-order chi connectivity index (χ1) is 39.1. The summed E-state index contributed by atoms with van der Waals surface area (Å²) in [7, 11) is 0. The van der Waals surface area contributed by atoms with Crippen LogP contribution in [0.4, 0.5) is 0 Å². The van der Waals surface area contributed by atoms with Gasteiger partial charge < -0.3 is 4.57 Å². The van der Waals surface area contributed by atoms with Crippen LogP contribution >= 0.6 is 0 Å². The second kappa shape index (κ2) is 18.0. The lowest BCUT2D eigenvalue weighted by molar-refractivity contribution is 1.18. The fourth-order valence-electron chi connectivity index (χ4n) is 12.2. The zero-order valence-corrected chi connectivity index (χ0v) is 42.7. The van der Waals surface area contributed by atoms with Gasteiger partial charge in [0.05, 0.1) is 56.9 Å². The molecule has 0 unspecified atom stereocenters. The zero-order chi connectivity index (χ0) is 52.0. The lowest BCUT2D eigenvalue weighted by Gasteiger charge is -2.11. The minimum atomic E-state index is 0.849. The molecule has 13 aromatic carbocycles. The molecule has 0 radical (unpaired) electrons. The third-order valence-corrected chi connectivity index (χ3v) is 16.0. The van der Waals surface area contributed by atoms with Crippen molar-refractivity contribution in [1.82, 2.24) is 24.5 Å². The van der Waals surface area contributed by atoms with Crippen LogP contribution in [0.25, 0.3) is 160 Å². The SMILES string of the molecule is c1ccc(-n2c3ccc(-c4cccc(-c5cccc(-c6cnc7c8ccccc8c8ccccc8c7n6)c5)c4)cc3c3cc(-c4cccc(-c5cccc(-c6cnc7c8ccccc8c8ccccc8c7n6)c5)c4)ccc32)cc1. The molecule has 0 spiro atoms. The molecule has 0 saturated heterocycles. The number of para-hydroxylation sites is 1. The van der Waals surface area contributed by atoms with Gasteiger partial charge in [-0.3, -0.25) is 9.97 Å². The molecule has 79 heavy (non-hydrogen) atoms. The van der Waals surface area contributed by atoms with Crippen molar-refractivity contribution in [1.29, 1.82) is 0 Å². The zero-order valence-electron chi connectivity index (χ0n) is 42.7. The van der Waals surface area contributed by atoms with Crippen LogP contribution in [0.1, 0.15) is 0 Å². The lowest BCUT2D eigenvalue weighted by atomic mass is 9.95. The van der Waals surface area contributed by atoms with Gasteiger partial charge in [0.25, 0.3) is 0 Å². The molecular formula is C74H45N5. The average molecular weight is 1000 g/mol. The van der Waals surface area contributed by atoms with E-state index in [1.54, 1.807) is 0 Å². The fourth-order valence-corrected chi connectivity index (χ4v) is 12.2. The summed E-state index contributed by atoms with van der Waals surface area (Å²) in [6.45, 7) is 0. The summed E-state index contributed by atoms with van der Waals surface area (Å²) in [6, 6.07) is 93.7. The Hall–Kier alpha value is -10.6. The van der Waals surface area contributed by atoms with Crippen LogP contribution in [-0.4, -0.2) is 24.5 Å². The van der Waals surface area contributed by atoms with Gasteiger partial charge in [-0.05, 0) is 127 Å². The second-order valence-corrected chi connectivity index (χ2v) is 20.5. The molecule has 5 heteroatoms. The molecule has 0 bridgehead atoms. The third-order valence-electron chi connectivity index (χ3n) is 16.0. The molecule has 3 heterocycles. The lowest BCUT2D eigenvalue weighted by Crippen LogP contribution is -1.93. The van der Waals surface area contributed by atoms with E-state index < -0.39 is 0 Å². The fraction of sp³-hybridized carbons (Fsp3) is 0. The van der Waals surface area contributed by atoms with Gasteiger partial charge >= 0.3 is 0 Å². The highest BCUT2D eigenvalue weighted by molar-refractivity contribution is 6.24. The summed E-state index contributed by atoms with van der Waals surface area (Å²) < 4.78 is 2.39. The van der Waals surface area contributed by atoms with Crippen LogP contribution in [-0.2, 0) is 0 Å². The van der Waals surface area contributed by atoms with E-state index in [1.807, 2.05) is 12.4 Å². The highest BCUT2D eigenvalue weighted by Gasteiger charge is 2.18. The third kappa shape index (κ3) is 7.39. The molecule has 16 rings (SSSR count). The highest BCUT2D eigenvalue weighted by Crippen LogP contribution is 2.41. The molecular weight excluding hydrogens is 959 g/mol. The number of hydrogen-bond donors (Lipinski definition) is 0. The molecule has 0 aliphatic rings. The van der Waals surface area contributed by atoms with Crippen LogP contribution in [0.5, 0.6) is 0 Å². The van der Waals surface area contributed by atoms with Gasteiger partial charge in [0, 0.05) is 49.1 Å². The predicted octanol–water partition coefficient (Wildman–Crippen LogP) is 19.3. The van der Waals surface area contributed by atoms with Crippen molar-refractivity contribution in [2.24, 2.45) is 0 Å². The minimum absolute atomic E-state index is 0.849. The van der Waals surface area contributed by atoms with Gasteiger partial charge in [0.2, 0.25) is 0 Å². The minimum Gasteiger partial charge on any atom is -0.309 e. The van der Waals surface area contributed by atoms with Crippen LogP contribution in [0.3, 0.4) is 0 Å². The molecule has 0 amide bonds. The summed E-state index contributed by atoms with van der Waals surface area (Å²) in [5.74, 6) is 0. The molecule has 0 fully saturated rings. The Morgan fingerprint density at radius 2 is 0.519 bits per heavy atom. The van der Waals surface area contributed by atoms with E-state index in [-0.39, 0.29) is 0 Å². The molecule has 5 nitrogen and oxygen atoms in total. The molecule has 16 aromatic rings. The van der Waals surface area contributed by atoms with E-state index >= 15 is 0 Å². The maximum Gasteiger partial charge on any atom is 0.0979 e. The van der Waals surface area contributed by atoms with E-state index in [1.165, 1.54) is 32.3 Å². The molecule has 0 aliphatic heterocycles. The van der Waals surface area contributed by atoms with Gasteiger partial charge in [0.1, 0.15) is 0 Å². The number of hydrogen-bond acceptors (Lipinski definition) is 4. The quantitative estimate of drug-likeness (QED) is 0.149. The van der Waals surface area contributed by atoms with E-state index in [0.717, 1.165) is 127 Å². The first-order valence-electron chi connectivity index (χ1n) is 26.8. The van der Waals surface area contributed by atoms with Crippen LogP contribution in [0.15, 0.2) is 273 Å². The summed E-state index contributed by atoms with van der Waals surface area (Å²) in [4.78, 5) is 20.7. The highest BCUT2D eigenvalue weighted by atomic mass is 15.0. The van der Waals surface area contributed by atoms with Crippen molar-refractivity contribution in [3.05, 3.63) is 273 Å². The first-order valence-corrected chi connectivity index (χ1v) is 26.8. The number of aromatic nitrogens is 5. The normalized spacial score (nSPS) is 11.8. The van der Waals surface area contributed by atoms with Crippen LogP contribution in [0, 0.1) is 0 Å². The largest absolute Gasteiger partial charge is 0.309 e.